The molecule has 0 amide bonds. The molecular weight excluding hydrogens is 372 g/mol. The predicted octanol–water partition coefficient (Wildman–Crippen LogP) is 7.96. The lowest BCUT2D eigenvalue weighted by molar-refractivity contribution is -0.151. The Morgan fingerprint density at radius 3 is 2.13 bits per heavy atom. The van der Waals surface area contributed by atoms with E-state index >= 15 is 0 Å². The van der Waals surface area contributed by atoms with Crippen molar-refractivity contribution in [3.8, 4) is 5.75 Å². The van der Waals surface area contributed by atoms with E-state index in [0.717, 1.165) is 37.9 Å². The second-order valence-electron chi connectivity index (χ2n) is 9.23. The third kappa shape index (κ3) is 9.53. The molecule has 30 heavy (non-hydrogen) atoms. The van der Waals surface area contributed by atoms with Gasteiger partial charge in [-0.3, -0.25) is 4.79 Å². The predicted molar refractivity (Wildman–Crippen MR) is 125 cm³/mol. The van der Waals surface area contributed by atoms with E-state index in [0.29, 0.717) is 12.3 Å². The smallest absolute Gasteiger partial charge is 0.306 e. The molecule has 2 rings (SSSR count). The fourth-order valence-corrected chi connectivity index (χ4v) is 4.49. The fraction of sp³-hybridized carbons (Fsp3) is 0.741. The highest BCUT2D eigenvalue weighted by Gasteiger charge is 2.29. The van der Waals surface area contributed by atoms with Crippen LogP contribution in [0.25, 0.3) is 0 Å². The molecule has 0 bridgehead atoms. The van der Waals surface area contributed by atoms with Gasteiger partial charge in [-0.15, -0.1) is 0 Å². The van der Waals surface area contributed by atoms with Crippen molar-refractivity contribution in [1.29, 1.82) is 0 Å². The van der Waals surface area contributed by atoms with E-state index in [1.807, 2.05) is 26.0 Å². The number of hydrogen-bond acceptors (Lipinski definition) is 3. The second-order valence-corrected chi connectivity index (χ2v) is 9.23. The average Bonchev–Trinajstić information content (AvgIpc) is 2.73. The Morgan fingerprint density at radius 2 is 1.50 bits per heavy atom. The van der Waals surface area contributed by atoms with Crippen LogP contribution in [-0.2, 0) is 9.53 Å². The van der Waals surface area contributed by atoms with Crippen LogP contribution in [0.2, 0.25) is 0 Å². The summed E-state index contributed by atoms with van der Waals surface area (Å²) in [7, 11) is 0. The number of carbonyl (C=O) groups is 1. The molecule has 0 unspecified atom stereocenters. The van der Waals surface area contributed by atoms with E-state index in [4.69, 9.17) is 9.47 Å². The summed E-state index contributed by atoms with van der Waals surface area (Å²) in [4.78, 5) is 12.4. The summed E-state index contributed by atoms with van der Waals surface area (Å²) in [6.45, 7) is 6.34. The highest BCUT2D eigenvalue weighted by molar-refractivity contribution is 5.69. The minimum Gasteiger partial charge on any atom is -0.491 e. The van der Waals surface area contributed by atoms with Gasteiger partial charge in [0, 0.05) is 12.3 Å². The summed E-state index contributed by atoms with van der Waals surface area (Å²) in [5.74, 6) is 1.22. The third-order valence-corrected chi connectivity index (χ3v) is 6.15. The minimum atomic E-state index is -0.00499. The topological polar surface area (TPSA) is 35.5 Å². The summed E-state index contributed by atoms with van der Waals surface area (Å²) >= 11 is 0. The Kier molecular flexibility index (Phi) is 12.0. The van der Waals surface area contributed by atoms with E-state index in [-0.39, 0.29) is 18.2 Å². The molecule has 1 aliphatic carbocycles. The third-order valence-electron chi connectivity index (χ3n) is 6.15. The van der Waals surface area contributed by atoms with Crippen molar-refractivity contribution in [2.45, 2.75) is 129 Å². The zero-order valence-corrected chi connectivity index (χ0v) is 19.7. The van der Waals surface area contributed by atoms with Crippen LogP contribution >= 0.6 is 0 Å². The zero-order valence-electron chi connectivity index (χ0n) is 19.7. The van der Waals surface area contributed by atoms with Crippen LogP contribution in [0.15, 0.2) is 24.3 Å². The largest absolute Gasteiger partial charge is 0.491 e. The van der Waals surface area contributed by atoms with Crippen LogP contribution in [0, 0.1) is 0 Å². The van der Waals surface area contributed by atoms with E-state index in [1.165, 1.54) is 56.9 Å². The molecule has 0 spiro atoms. The maximum absolute atomic E-state index is 12.4. The fourth-order valence-electron chi connectivity index (χ4n) is 4.49. The molecule has 0 radical (unpaired) electrons. The first-order chi connectivity index (χ1) is 14.6. The maximum Gasteiger partial charge on any atom is 0.306 e. The molecule has 3 nitrogen and oxygen atoms in total. The standard InChI is InChI=1S/C27H44O3/c1-4-5-6-7-8-9-10-11-12-17-27(28)30-26-16-14-13-15-25(26)23-18-20-24(21-19-23)29-22(2)3/h18-22,25-26H,4-17H2,1-3H3/t25-,26+/m1/s1. The van der Waals surface area contributed by atoms with Crippen LogP contribution in [0.5, 0.6) is 5.75 Å². The van der Waals surface area contributed by atoms with Gasteiger partial charge in [-0.1, -0.05) is 76.8 Å². The van der Waals surface area contributed by atoms with Crippen molar-refractivity contribution in [3.63, 3.8) is 0 Å². The maximum atomic E-state index is 12.4. The lowest BCUT2D eigenvalue weighted by Gasteiger charge is -2.31. The van der Waals surface area contributed by atoms with Crippen molar-refractivity contribution in [2.24, 2.45) is 0 Å². The van der Waals surface area contributed by atoms with Crippen LogP contribution in [0.3, 0.4) is 0 Å². The monoisotopic (exact) mass is 416 g/mol. The number of benzene rings is 1. The summed E-state index contributed by atoms with van der Waals surface area (Å²) in [5.41, 5.74) is 1.27. The Hall–Kier alpha value is -1.51. The molecular formula is C27H44O3. The van der Waals surface area contributed by atoms with Gasteiger partial charge in [0.25, 0.3) is 0 Å². The Balaban J connectivity index is 1.70. The van der Waals surface area contributed by atoms with Crippen molar-refractivity contribution < 1.29 is 14.3 Å². The molecule has 1 aromatic rings. The first kappa shape index (κ1) is 24.8. The first-order valence-electron chi connectivity index (χ1n) is 12.6. The van der Waals surface area contributed by atoms with Gasteiger partial charge in [-0.05, 0) is 57.2 Å². The average molecular weight is 417 g/mol. The molecule has 0 N–H and O–H groups in total. The number of carbonyl (C=O) groups excluding carboxylic acids is 1. The summed E-state index contributed by atoms with van der Waals surface area (Å²) in [5, 5.41) is 0. The first-order valence-corrected chi connectivity index (χ1v) is 12.6. The molecule has 1 saturated carbocycles. The lowest BCUT2D eigenvalue weighted by atomic mass is 9.81. The van der Waals surface area contributed by atoms with Gasteiger partial charge in [0.1, 0.15) is 11.9 Å². The van der Waals surface area contributed by atoms with Gasteiger partial charge in [0.05, 0.1) is 6.10 Å². The van der Waals surface area contributed by atoms with Gasteiger partial charge in [0.15, 0.2) is 0 Å². The van der Waals surface area contributed by atoms with Gasteiger partial charge >= 0.3 is 5.97 Å². The molecule has 170 valence electrons. The number of hydrogen-bond donors (Lipinski definition) is 0. The summed E-state index contributed by atoms with van der Waals surface area (Å²) < 4.78 is 11.7. The van der Waals surface area contributed by atoms with Crippen molar-refractivity contribution in [1.82, 2.24) is 0 Å². The highest BCUT2D eigenvalue weighted by atomic mass is 16.5. The van der Waals surface area contributed by atoms with Crippen molar-refractivity contribution >= 4 is 5.97 Å². The zero-order chi connectivity index (χ0) is 21.6. The molecule has 1 fully saturated rings. The molecule has 1 aromatic carbocycles. The Labute approximate surface area is 184 Å². The Morgan fingerprint density at radius 1 is 0.900 bits per heavy atom. The SMILES string of the molecule is CCCCCCCCCCCC(=O)O[C@H]1CCCC[C@@H]1c1ccc(OC(C)C)cc1. The molecule has 2 atom stereocenters. The summed E-state index contributed by atoms with van der Waals surface area (Å²) in [6.07, 6.45) is 16.6. The number of esters is 1. The van der Waals surface area contributed by atoms with E-state index in [2.05, 4.69) is 19.1 Å². The lowest BCUT2D eigenvalue weighted by Crippen LogP contribution is -2.28. The molecule has 0 aliphatic heterocycles. The molecule has 0 heterocycles. The minimum absolute atomic E-state index is 0.00499. The Bertz CT molecular complexity index is 578. The summed E-state index contributed by atoms with van der Waals surface area (Å²) in [6, 6.07) is 8.39. The quantitative estimate of drug-likeness (QED) is 0.228. The van der Waals surface area contributed by atoms with E-state index < -0.39 is 0 Å². The van der Waals surface area contributed by atoms with Crippen LogP contribution in [0.1, 0.15) is 122 Å². The van der Waals surface area contributed by atoms with Crippen molar-refractivity contribution in [2.75, 3.05) is 0 Å². The normalized spacial score (nSPS) is 19.1. The van der Waals surface area contributed by atoms with Gasteiger partial charge in [-0.2, -0.15) is 0 Å². The number of ether oxygens (including phenoxy) is 2. The number of unbranched alkanes of at least 4 members (excludes halogenated alkanes) is 8. The van der Waals surface area contributed by atoms with Crippen molar-refractivity contribution in [3.05, 3.63) is 29.8 Å². The highest BCUT2D eigenvalue weighted by Crippen LogP contribution is 2.36. The molecule has 1 aliphatic rings. The van der Waals surface area contributed by atoms with Gasteiger partial charge in [-0.25, -0.2) is 0 Å². The molecule has 3 heteroatoms. The molecule has 0 saturated heterocycles. The van der Waals surface area contributed by atoms with Gasteiger partial charge in [0.2, 0.25) is 0 Å². The van der Waals surface area contributed by atoms with Crippen LogP contribution in [-0.4, -0.2) is 18.2 Å². The van der Waals surface area contributed by atoms with Gasteiger partial charge < -0.3 is 9.47 Å². The number of rotatable bonds is 14. The second kappa shape index (κ2) is 14.5. The molecule has 0 aromatic heterocycles. The van der Waals surface area contributed by atoms with Crippen LogP contribution in [0.4, 0.5) is 0 Å². The van der Waals surface area contributed by atoms with E-state index in [1.54, 1.807) is 0 Å². The van der Waals surface area contributed by atoms with E-state index in [9.17, 15) is 4.79 Å². The van der Waals surface area contributed by atoms with Crippen LogP contribution < -0.4 is 4.74 Å².